The summed E-state index contributed by atoms with van der Waals surface area (Å²) in [5, 5.41) is 7.82. The van der Waals surface area contributed by atoms with Crippen molar-refractivity contribution >= 4 is 76.2 Å². The summed E-state index contributed by atoms with van der Waals surface area (Å²) >= 11 is 1.91. The smallest absolute Gasteiger partial charge is 0.250 e. The molecule has 0 N–H and O–H groups in total. The molecule has 0 amide bonds. The molecule has 41 heavy (non-hydrogen) atoms. The average Bonchev–Trinajstić information content (AvgIpc) is 3.38. The van der Waals surface area contributed by atoms with Crippen LogP contribution in [-0.4, -0.2) is 6.71 Å². The maximum atomic E-state index is 6.28. The van der Waals surface area contributed by atoms with Gasteiger partial charge in [-0.25, -0.2) is 0 Å². The van der Waals surface area contributed by atoms with E-state index >= 15 is 0 Å². The highest BCUT2D eigenvalue weighted by Gasteiger charge is 2.31. The predicted molar refractivity (Wildman–Crippen MR) is 177 cm³/mol. The summed E-state index contributed by atoms with van der Waals surface area (Å²) in [4.78, 5) is 0. The SMILES string of the molecule is c1ccc2c(c1)Oc1ccccc1B2c1ccc(-c2c3ccccc3cc3c2sc2cc4ccccc4cc23)cc1. The Morgan fingerprint density at radius 1 is 0.488 bits per heavy atom. The third-order valence-electron chi connectivity index (χ3n) is 8.56. The number of ether oxygens (including phenoxy) is 1. The molecular weight excluding hydrogens is 515 g/mol. The first-order valence-electron chi connectivity index (χ1n) is 14.0. The highest BCUT2D eigenvalue weighted by atomic mass is 32.1. The van der Waals surface area contributed by atoms with Gasteiger partial charge in [-0.2, -0.15) is 0 Å². The Labute approximate surface area is 242 Å². The van der Waals surface area contributed by atoms with Crippen molar-refractivity contribution in [2.24, 2.45) is 0 Å². The van der Waals surface area contributed by atoms with Crippen molar-refractivity contribution in [3.05, 3.63) is 140 Å². The summed E-state index contributed by atoms with van der Waals surface area (Å²) in [6, 6.07) is 50.7. The molecule has 0 saturated heterocycles. The minimum absolute atomic E-state index is 0.134. The van der Waals surface area contributed by atoms with E-state index in [9.17, 15) is 0 Å². The molecule has 0 aliphatic carbocycles. The number of fused-ring (bicyclic) bond motifs is 7. The topological polar surface area (TPSA) is 9.23 Å². The summed E-state index contributed by atoms with van der Waals surface area (Å²) < 4.78 is 8.96. The lowest BCUT2D eigenvalue weighted by Crippen LogP contribution is -2.54. The van der Waals surface area contributed by atoms with E-state index in [0.29, 0.717) is 0 Å². The van der Waals surface area contributed by atoms with E-state index in [4.69, 9.17) is 4.74 Å². The van der Waals surface area contributed by atoms with Crippen LogP contribution in [-0.2, 0) is 0 Å². The van der Waals surface area contributed by atoms with Gasteiger partial charge in [0.1, 0.15) is 11.5 Å². The van der Waals surface area contributed by atoms with Crippen LogP contribution in [0.2, 0.25) is 0 Å². The lowest BCUT2D eigenvalue weighted by Gasteiger charge is -2.26. The van der Waals surface area contributed by atoms with Crippen LogP contribution in [0.5, 0.6) is 11.5 Å². The fraction of sp³-hybridized carbons (Fsp3) is 0. The van der Waals surface area contributed by atoms with Crippen molar-refractivity contribution in [3.63, 3.8) is 0 Å². The Hall–Kier alpha value is -4.86. The van der Waals surface area contributed by atoms with Gasteiger partial charge in [0.25, 0.3) is 6.71 Å². The van der Waals surface area contributed by atoms with Crippen LogP contribution in [0.3, 0.4) is 0 Å². The van der Waals surface area contributed by atoms with Crippen molar-refractivity contribution in [1.29, 1.82) is 0 Å². The first-order valence-corrected chi connectivity index (χ1v) is 14.9. The molecule has 9 rings (SSSR count). The minimum Gasteiger partial charge on any atom is -0.458 e. The van der Waals surface area contributed by atoms with Gasteiger partial charge in [0.15, 0.2) is 0 Å². The molecule has 0 saturated carbocycles. The van der Waals surface area contributed by atoms with Gasteiger partial charge in [0.05, 0.1) is 0 Å². The van der Waals surface area contributed by atoms with Crippen molar-refractivity contribution < 1.29 is 4.74 Å². The number of hydrogen-bond donors (Lipinski definition) is 0. The van der Waals surface area contributed by atoms with Crippen molar-refractivity contribution in [3.8, 4) is 22.6 Å². The van der Waals surface area contributed by atoms with Gasteiger partial charge in [0, 0.05) is 25.7 Å². The fourth-order valence-corrected chi connectivity index (χ4v) is 7.95. The molecule has 3 heteroatoms. The van der Waals surface area contributed by atoms with Gasteiger partial charge >= 0.3 is 0 Å². The van der Waals surface area contributed by atoms with Crippen LogP contribution in [0.25, 0.3) is 52.8 Å². The average molecular weight is 538 g/mol. The molecular formula is C38H23BOS. The summed E-state index contributed by atoms with van der Waals surface area (Å²) in [6.45, 7) is 0.134. The first kappa shape index (κ1) is 22.9. The molecule has 0 spiro atoms. The largest absolute Gasteiger partial charge is 0.458 e. The van der Waals surface area contributed by atoms with E-state index in [0.717, 1.165) is 11.5 Å². The monoisotopic (exact) mass is 538 g/mol. The lowest BCUT2D eigenvalue weighted by atomic mass is 9.36. The van der Waals surface area contributed by atoms with Gasteiger partial charge in [0.2, 0.25) is 0 Å². The van der Waals surface area contributed by atoms with Crippen LogP contribution in [0.15, 0.2) is 140 Å². The van der Waals surface area contributed by atoms with Crippen LogP contribution in [0, 0.1) is 0 Å². The molecule has 1 aliphatic heterocycles. The van der Waals surface area contributed by atoms with E-state index < -0.39 is 0 Å². The molecule has 0 unspecified atom stereocenters. The quantitative estimate of drug-likeness (QED) is 0.200. The van der Waals surface area contributed by atoms with E-state index in [1.807, 2.05) is 23.5 Å². The molecule has 0 atom stereocenters. The number of thiophene rings is 1. The maximum absolute atomic E-state index is 6.28. The number of para-hydroxylation sites is 2. The van der Waals surface area contributed by atoms with Crippen LogP contribution < -0.4 is 21.1 Å². The Morgan fingerprint density at radius 2 is 1.07 bits per heavy atom. The van der Waals surface area contributed by atoms with Crippen LogP contribution in [0.4, 0.5) is 0 Å². The molecule has 2 heterocycles. The summed E-state index contributed by atoms with van der Waals surface area (Å²) in [5.74, 6) is 1.88. The highest BCUT2D eigenvalue weighted by Crippen LogP contribution is 2.45. The van der Waals surface area contributed by atoms with E-state index in [1.54, 1.807) is 0 Å². The molecule has 0 radical (unpaired) electrons. The number of rotatable bonds is 2. The molecule has 1 aromatic heterocycles. The Balaban J connectivity index is 1.26. The second-order valence-electron chi connectivity index (χ2n) is 10.9. The zero-order valence-electron chi connectivity index (χ0n) is 22.2. The molecule has 0 fully saturated rings. The van der Waals surface area contributed by atoms with Gasteiger partial charge in [-0.15, -0.1) is 11.3 Å². The minimum atomic E-state index is 0.134. The first-order chi connectivity index (χ1) is 20.3. The predicted octanol–water partition coefficient (Wildman–Crippen LogP) is 8.65. The zero-order chi connectivity index (χ0) is 26.9. The number of benzene rings is 7. The normalized spacial score (nSPS) is 12.5. The lowest BCUT2D eigenvalue weighted by molar-refractivity contribution is 0.487. The molecule has 0 bridgehead atoms. The van der Waals surface area contributed by atoms with E-state index in [2.05, 4.69) is 127 Å². The van der Waals surface area contributed by atoms with Crippen molar-refractivity contribution in [2.45, 2.75) is 0 Å². The van der Waals surface area contributed by atoms with E-state index in [-0.39, 0.29) is 6.71 Å². The van der Waals surface area contributed by atoms with Crippen molar-refractivity contribution in [2.75, 3.05) is 0 Å². The summed E-state index contributed by atoms with van der Waals surface area (Å²) in [6.07, 6.45) is 0. The second-order valence-corrected chi connectivity index (χ2v) is 11.9. The third kappa shape index (κ3) is 3.49. The Bertz CT molecular complexity index is 2250. The maximum Gasteiger partial charge on any atom is 0.250 e. The van der Waals surface area contributed by atoms with Gasteiger partial charge in [-0.05, 0) is 68.4 Å². The van der Waals surface area contributed by atoms with Crippen LogP contribution in [0.1, 0.15) is 0 Å². The Morgan fingerprint density at radius 3 is 1.80 bits per heavy atom. The van der Waals surface area contributed by atoms with E-state index in [1.165, 1.54) is 69.2 Å². The van der Waals surface area contributed by atoms with Crippen molar-refractivity contribution in [1.82, 2.24) is 0 Å². The summed E-state index contributed by atoms with van der Waals surface area (Å²) in [5.41, 5.74) is 6.27. The van der Waals surface area contributed by atoms with Gasteiger partial charge < -0.3 is 4.74 Å². The van der Waals surface area contributed by atoms with Crippen LogP contribution >= 0.6 is 11.3 Å². The van der Waals surface area contributed by atoms with Gasteiger partial charge in [-0.3, -0.25) is 0 Å². The third-order valence-corrected chi connectivity index (χ3v) is 9.75. The van der Waals surface area contributed by atoms with Gasteiger partial charge in [-0.1, -0.05) is 115 Å². The number of hydrogen-bond acceptors (Lipinski definition) is 2. The standard InChI is InChI=1S/C38H23BOS/c1-2-10-26-23-36-30(21-25(26)9-1)31-22-27-11-3-4-12-29(27)37(38(31)41-36)24-17-19-28(20-18-24)39-32-13-5-7-15-34(32)40-35-16-8-6-14-33(35)39/h1-23H. The molecule has 190 valence electrons. The molecule has 8 aromatic rings. The molecule has 1 aliphatic rings. The second kappa shape index (κ2) is 8.82. The Kier molecular flexibility index (Phi) is 4.93. The zero-order valence-corrected chi connectivity index (χ0v) is 23.0. The molecule has 1 nitrogen and oxygen atoms in total. The molecule has 7 aromatic carbocycles. The fourth-order valence-electron chi connectivity index (χ4n) is 6.66. The highest BCUT2D eigenvalue weighted by molar-refractivity contribution is 7.26. The summed E-state index contributed by atoms with van der Waals surface area (Å²) in [7, 11) is 0.